The molecule has 3 aliphatic heterocycles. The fourth-order valence-corrected chi connectivity index (χ4v) is 8.81. The minimum absolute atomic E-state index is 0.0721. The van der Waals surface area contributed by atoms with Gasteiger partial charge in [0.25, 0.3) is 0 Å². The number of ether oxygens (including phenoxy) is 1. The number of aromatic nitrogens is 3. The van der Waals surface area contributed by atoms with Crippen LogP contribution in [0.1, 0.15) is 41.1 Å². The molecule has 6 rings (SSSR count). The van der Waals surface area contributed by atoms with Crippen molar-refractivity contribution < 1.29 is 31.4 Å². The van der Waals surface area contributed by atoms with E-state index in [1.54, 1.807) is 4.68 Å². The molecule has 1 aromatic carbocycles. The largest absolute Gasteiger partial charge is 0.417 e. The zero-order valence-electron chi connectivity index (χ0n) is 27.1. The van der Waals surface area contributed by atoms with Gasteiger partial charge < -0.3 is 14.7 Å². The van der Waals surface area contributed by atoms with E-state index in [4.69, 9.17) is 9.84 Å². The molecule has 2 aromatic heterocycles. The molecule has 5 heterocycles. The van der Waals surface area contributed by atoms with Crippen molar-refractivity contribution in [2.24, 2.45) is 0 Å². The first-order valence-electron chi connectivity index (χ1n) is 16.4. The van der Waals surface area contributed by atoms with E-state index < -0.39 is 27.9 Å². The van der Waals surface area contributed by atoms with Gasteiger partial charge in [-0.2, -0.15) is 22.6 Å². The number of hydrogen-bond donors (Lipinski definition) is 1. The molecular formula is C33H43F3N6O4S2. The molecule has 262 valence electrons. The summed E-state index contributed by atoms with van der Waals surface area (Å²) in [5, 5.41) is 16.1. The van der Waals surface area contributed by atoms with Gasteiger partial charge in [0.05, 0.1) is 43.4 Å². The number of morpholine rings is 1. The van der Waals surface area contributed by atoms with Crippen LogP contribution in [0.3, 0.4) is 0 Å². The molecule has 0 amide bonds. The zero-order chi connectivity index (χ0) is 33.9. The van der Waals surface area contributed by atoms with Crippen molar-refractivity contribution in [2.45, 2.75) is 55.4 Å². The highest BCUT2D eigenvalue weighted by molar-refractivity contribution is 7.99. The molecule has 2 fully saturated rings. The number of benzene rings is 1. The first kappa shape index (κ1) is 35.3. The maximum Gasteiger partial charge on any atom is 0.417 e. The topological polar surface area (TPSA) is 104 Å². The van der Waals surface area contributed by atoms with Crippen LogP contribution < -0.4 is 0 Å². The van der Waals surface area contributed by atoms with Crippen LogP contribution in [0.4, 0.5) is 13.2 Å². The van der Waals surface area contributed by atoms with Crippen LogP contribution in [-0.4, -0.2) is 120 Å². The predicted octanol–water partition coefficient (Wildman–Crippen LogP) is 3.95. The summed E-state index contributed by atoms with van der Waals surface area (Å²) in [6.45, 7) is 6.10. The average molecular weight is 709 g/mol. The van der Waals surface area contributed by atoms with E-state index in [0.29, 0.717) is 61.2 Å². The van der Waals surface area contributed by atoms with Crippen molar-refractivity contribution >= 4 is 21.8 Å². The highest BCUT2D eigenvalue weighted by atomic mass is 32.2. The molecule has 15 heteroatoms. The molecule has 0 radical (unpaired) electrons. The summed E-state index contributed by atoms with van der Waals surface area (Å²) in [5.74, 6) is 0.943. The average Bonchev–Trinajstić information content (AvgIpc) is 3.42. The second-order valence-corrected chi connectivity index (χ2v) is 15.9. The van der Waals surface area contributed by atoms with Crippen molar-refractivity contribution in [1.29, 1.82) is 0 Å². The number of hydrogen-bond acceptors (Lipinski definition) is 9. The van der Waals surface area contributed by atoms with Crippen molar-refractivity contribution in [1.82, 2.24) is 28.9 Å². The quantitative estimate of drug-likeness (QED) is 0.297. The molecule has 10 nitrogen and oxygen atoms in total. The van der Waals surface area contributed by atoms with E-state index in [9.17, 15) is 26.7 Å². The van der Waals surface area contributed by atoms with Crippen molar-refractivity contribution in [2.75, 3.05) is 71.0 Å². The number of fused-ring (bicyclic) bond motifs is 1. The smallest absolute Gasteiger partial charge is 0.390 e. The summed E-state index contributed by atoms with van der Waals surface area (Å²) in [6, 6.07) is 8.16. The number of aliphatic hydroxyl groups is 1. The molecule has 3 aliphatic rings. The lowest BCUT2D eigenvalue weighted by atomic mass is 9.90. The third-order valence-electron chi connectivity index (χ3n) is 9.51. The Morgan fingerprint density at radius 2 is 1.75 bits per heavy atom. The van der Waals surface area contributed by atoms with E-state index in [1.807, 2.05) is 12.4 Å². The van der Waals surface area contributed by atoms with Gasteiger partial charge in [-0.3, -0.25) is 14.6 Å². The van der Waals surface area contributed by atoms with Gasteiger partial charge in [0.1, 0.15) is 0 Å². The summed E-state index contributed by atoms with van der Waals surface area (Å²) in [5.41, 5.74) is 3.00. The van der Waals surface area contributed by atoms with Gasteiger partial charge in [0, 0.05) is 85.6 Å². The second-order valence-electron chi connectivity index (χ2n) is 12.8. The van der Waals surface area contributed by atoms with Gasteiger partial charge in [0.2, 0.25) is 10.0 Å². The lowest BCUT2D eigenvalue weighted by molar-refractivity contribution is -0.139. The van der Waals surface area contributed by atoms with Crippen LogP contribution in [0.25, 0.3) is 11.3 Å². The summed E-state index contributed by atoms with van der Waals surface area (Å²) in [4.78, 5) is 8.66. The van der Waals surface area contributed by atoms with E-state index >= 15 is 0 Å². The number of nitrogens with zero attached hydrogens (tertiary/aromatic N) is 6. The maximum atomic E-state index is 14.1. The van der Waals surface area contributed by atoms with Crippen LogP contribution in [-0.2, 0) is 40.4 Å². The van der Waals surface area contributed by atoms with Gasteiger partial charge in [-0.05, 0) is 61.7 Å². The standard InChI is InChI=1S/C33H43F3N6O4S2/c1-48(44,45)41-13-8-30-28(23-41)32(26-2-3-29(33(34,35)36)31(20-26)47-19-16-39-14-17-46-18-15-39)38-42(30)22-27(43)21-40-11-6-25(7-12-40)24-4-9-37-10-5-24/h2-5,9-10,20,25,27,43H,6-8,11-19,21-23H2,1H3. The van der Waals surface area contributed by atoms with Crippen LogP contribution >= 0.6 is 11.8 Å². The first-order valence-corrected chi connectivity index (χ1v) is 19.3. The minimum Gasteiger partial charge on any atom is -0.390 e. The lowest BCUT2D eigenvalue weighted by Crippen LogP contribution is -2.40. The molecule has 0 spiro atoms. The van der Waals surface area contributed by atoms with E-state index in [1.165, 1.54) is 22.0 Å². The predicted molar refractivity (Wildman–Crippen MR) is 178 cm³/mol. The van der Waals surface area contributed by atoms with E-state index in [0.717, 1.165) is 68.8 Å². The SMILES string of the molecule is CS(=O)(=O)N1CCc2c(c(-c3ccc(C(F)(F)F)c(SCCN4CCOCC4)c3)nn2CC(O)CN2CCC(c3ccncc3)CC2)C1. The van der Waals surface area contributed by atoms with Gasteiger partial charge in [0.15, 0.2) is 0 Å². The van der Waals surface area contributed by atoms with Gasteiger partial charge in [-0.25, -0.2) is 8.42 Å². The number of sulfonamides is 1. The Hall–Kier alpha value is -2.53. The third-order valence-corrected chi connectivity index (χ3v) is 11.8. The zero-order valence-corrected chi connectivity index (χ0v) is 28.7. The fraction of sp³-hybridized carbons (Fsp3) is 0.576. The maximum absolute atomic E-state index is 14.1. The molecule has 1 N–H and O–H groups in total. The molecule has 3 aromatic rings. The number of thioether (sulfide) groups is 1. The Balaban J connectivity index is 1.21. The molecule has 48 heavy (non-hydrogen) atoms. The highest BCUT2D eigenvalue weighted by Crippen LogP contribution is 2.40. The number of pyridine rings is 1. The van der Waals surface area contributed by atoms with Gasteiger partial charge >= 0.3 is 6.18 Å². The Kier molecular flexibility index (Phi) is 11.1. The molecule has 1 atom stereocenters. The summed E-state index contributed by atoms with van der Waals surface area (Å²) in [7, 11) is -3.51. The van der Waals surface area contributed by atoms with Crippen molar-refractivity contribution in [3.05, 3.63) is 65.1 Å². The monoisotopic (exact) mass is 708 g/mol. The number of likely N-dealkylation sites (tertiary alicyclic amines) is 1. The van der Waals surface area contributed by atoms with Crippen LogP contribution in [0, 0.1) is 0 Å². The lowest BCUT2D eigenvalue weighted by Gasteiger charge is -2.33. The number of rotatable bonds is 11. The molecule has 0 saturated carbocycles. The summed E-state index contributed by atoms with van der Waals surface area (Å²) < 4.78 is 75.9. The van der Waals surface area contributed by atoms with Crippen LogP contribution in [0.5, 0.6) is 0 Å². The second kappa shape index (κ2) is 15.2. The fourth-order valence-electron chi connectivity index (χ4n) is 6.90. The number of aliphatic hydroxyl groups excluding tert-OH is 1. The first-order chi connectivity index (χ1) is 23.0. The molecular weight excluding hydrogens is 666 g/mol. The van der Waals surface area contributed by atoms with E-state index in [2.05, 4.69) is 26.9 Å². The molecule has 1 unspecified atom stereocenters. The third kappa shape index (κ3) is 8.60. The summed E-state index contributed by atoms with van der Waals surface area (Å²) >= 11 is 1.16. The Morgan fingerprint density at radius 1 is 1.02 bits per heavy atom. The van der Waals surface area contributed by atoms with Gasteiger partial charge in [-0.1, -0.05) is 6.07 Å². The van der Waals surface area contributed by atoms with Crippen molar-refractivity contribution in [3.8, 4) is 11.3 Å². The number of halogens is 3. The molecule has 0 aliphatic carbocycles. The number of piperidine rings is 1. The Labute approximate surface area is 284 Å². The van der Waals surface area contributed by atoms with Crippen LogP contribution in [0.15, 0.2) is 47.6 Å². The number of β-amino-alcohol motifs (C(OH)–C–C–N with tert-alkyl or cyclic N) is 1. The van der Waals surface area contributed by atoms with Crippen molar-refractivity contribution in [3.63, 3.8) is 0 Å². The Bertz CT molecular complexity index is 1640. The van der Waals surface area contributed by atoms with Gasteiger partial charge in [-0.15, -0.1) is 11.8 Å². The van der Waals surface area contributed by atoms with E-state index in [-0.39, 0.29) is 24.5 Å². The molecule has 2 saturated heterocycles. The molecule has 0 bridgehead atoms. The number of alkyl halides is 3. The highest BCUT2D eigenvalue weighted by Gasteiger charge is 2.35. The van der Waals surface area contributed by atoms with Crippen LogP contribution in [0.2, 0.25) is 0 Å². The minimum atomic E-state index is -4.53. The Morgan fingerprint density at radius 3 is 2.44 bits per heavy atom. The normalized spacial score (nSPS) is 19.8. The summed E-state index contributed by atoms with van der Waals surface area (Å²) in [6.07, 6.45) is 1.90.